The fourth-order valence-electron chi connectivity index (χ4n) is 4.46. The normalized spacial score (nSPS) is 14.1. The third kappa shape index (κ3) is 3.97. The Labute approximate surface area is 196 Å². The first-order valence-corrected chi connectivity index (χ1v) is 11.1. The number of carbonyl (C=O) groups excluding carboxylic acids is 1. The van der Waals surface area contributed by atoms with Gasteiger partial charge in [-0.05, 0) is 62.1 Å². The van der Waals surface area contributed by atoms with E-state index < -0.39 is 11.7 Å². The number of nitrogens with zero attached hydrogens (tertiary/aromatic N) is 3. The first-order valence-electron chi connectivity index (χ1n) is 11.1. The van der Waals surface area contributed by atoms with Gasteiger partial charge in [-0.2, -0.15) is 0 Å². The molecule has 0 spiro atoms. The van der Waals surface area contributed by atoms with E-state index in [-0.39, 0.29) is 5.75 Å². The summed E-state index contributed by atoms with van der Waals surface area (Å²) in [7, 11) is 0. The Kier molecular flexibility index (Phi) is 5.68. The van der Waals surface area contributed by atoms with Gasteiger partial charge in [0, 0.05) is 36.5 Å². The van der Waals surface area contributed by atoms with Crippen LogP contribution in [0.3, 0.4) is 0 Å². The minimum Gasteiger partial charge on any atom is -0.454 e. The number of ether oxygens (including phenoxy) is 1. The Hall–Kier alpha value is -4.25. The minimum absolute atomic E-state index is 0.143. The van der Waals surface area contributed by atoms with E-state index in [1.54, 1.807) is 47.0 Å². The van der Waals surface area contributed by atoms with E-state index in [9.17, 15) is 9.18 Å². The lowest BCUT2D eigenvalue weighted by Gasteiger charge is -2.28. The Morgan fingerprint density at radius 3 is 2.59 bits per heavy atom. The first kappa shape index (κ1) is 21.6. The summed E-state index contributed by atoms with van der Waals surface area (Å²) in [5.74, 6) is 2.87. The van der Waals surface area contributed by atoms with Crippen LogP contribution in [0.15, 0.2) is 54.7 Å². The van der Waals surface area contributed by atoms with Gasteiger partial charge in [-0.25, -0.2) is 13.9 Å². The number of fused-ring (bicyclic) bond motifs is 1. The van der Waals surface area contributed by atoms with Gasteiger partial charge in [-0.3, -0.25) is 9.89 Å². The maximum Gasteiger partial charge on any atom is 0.269 e. The Morgan fingerprint density at radius 1 is 1.18 bits per heavy atom. The number of primary amides is 1. The number of halogens is 1. The zero-order valence-corrected chi connectivity index (χ0v) is 18.7. The third-order valence-electron chi connectivity index (χ3n) is 6.12. The van der Waals surface area contributed by atoms with Crippen LogP contribution in [0.1, 0.15) is 41.7 Å². The van der Waals surface area contributed by atoms with E-state index in [0.29, 0.717) is 34.3 Å². The zero-order valence-electron chi connectivity index (χ0n) is 18.7. The SMILES string of the molecule is CC#CN1CCC(c2c[nH]n3c(C(N)=O)c(-c4ccc(Oc5ccccc5F)cc4)nc23)CC1. The Bertz CT molecular complexity index is 1400. The van der Waals surface area contributed by atoms with Crippen molar-refractivity contribution in [2.24, 2.45) is 5.73 Å². The summed E-state index contributed by atoms with van der Waals surface area (Å²) >= 11 is 0. The van der Waals surface area contributed by atoms with Crippen molar-refractivity contribution in [3.8, 4) is 34.7 Å². The standard InChI is InChI=1S/C26H24FN5O2/c1-2-13-31-14-11-17(12-15-31)20-16-29-32-24(25(28)33)23(30-26(20)32)18-7-9-19(10-8-18)34-22-6-4-3-5-21(22)27/h3-10,16-17,29H,11-12,14-15H2,1H3,(H2,28,33). The monoisotopic (exact) mass is 457 g/mol. The number of rotatable bonds is 5. The number of likely N-dealkylation sites (tertiary alicyclic amines) is 1. The van der Waals surface area contributed by atoms with E-state index in [1.165, 1.54) is 6.07 Å². The van der Waals surface area contributed by atoms with Crippen LogP contribution in [0.25, 0.3) is 16.9 Å². The van der Waals surface area contributed by atoms with Crippen molar-refractivity contribution in [1.29, 1.82) is 0 Å². The smallest absolute Gasteiger partial charge is 0.269 e. The van der Waals surface area contributed by atoms with Crippen molar-refractivity contribution in [3.05, 3.63) is 71.8 Å². The Morgan fingerprint density at radius 2 is 1.91 bits per heavy atom. The number of amides is 1. The van der Waals surface area contributed by atoms with Crippen molar-refractivity contribution in [2.45, 2.75) is 25.7 Å². The molecule has 0 radical (unpaired) electrons. The summed E-state index contributed by atoms with van der Waals surface area (Å²) in [6.45, 7) is 3.63. The molecule has 1 aliphatic rings. The summed E-state index contributed by atoms with van der Waals surface area (Å²) < 4.78 is 21.2. The number of nitrogens with two attached hydrogens (primary N) is 1. The Balaban J connectivity index is 1.45. The van der Waals surface area contributed by atoms with Crippen LogP contribution in [0.2, 0.25) is 0 Å². The van der Waals surface area contributed by atoms with Crippen LogP contribution in [0.5, 0.6) is 11.5 Å². The van der Waals surface area contributed by atoms with Crippen LogP contribution in [-0.4, -0.2) is 38.5 Å². The molecule has 3 N–H and O–H groups in total. The number of hydrogen-bond donors (Lipinski definition) is 2. The summed E-state index contributed by atoms with van der Waals surface area (Å²) in [6.07, 6.45) is 3.83. The molecule has 1 fully saturated rings. The third-order valence-corrected chi connectivity index (χ3v) is 6.12. The molecule has 4 aromatic rings. The van der Waals surface area contributed by atoms with Gasteiger partial charge >= 0.3 is 0 Å². The highest BCUT2D eigenvalue weighted by Crippen LogP contribution is 2.34. The molecule has 34 heavy (non-hydrogen) atoms. The molecule has 172 valence electrons. The molecule has 0 saturated carbocycles. The highest BCUT2D eigenvalue weighted by Gasteiger charge is 2.27. The number of imidazole rings is 1. The van der Waals surface area contributed by atoms with Gasteiger partial charge in [0.2, 0.25) is 0 Å². The maximum absolute atomic E-state index is 13.9. The van der Waals surface area contributed by atoms with E-state index >= 15 is 0 Å². The van der Waals surface area contributed by atoms with Gasteiger partial charge in [-0.1, -0.05) is 18.1 Å². The van der Waals surface area contributed by atoms with Crippen molar-refractivity contribution in [1.82, 2.24) is 19.5 Å². The molecule has 0 aliphatic carbocycles. The van der Waals surface area contributed by atoms with Crippen molar-refractivity contribution < 1.29 is 13.9 Å². The van der Waals surface area contributed by atoms with Gasteiger partial charge in [0.25, 0.3) is 5.91 Å². The largest absolute Gasteiger partial charge is 0.454 e. The quantitative estimate of drug-likeness (QED) is 0.431. The molecular formula is C26H24FN5O2. The van der Waals surface area contributed by atoms with Crippen LogP contribution in [0, 0.1) is 17.8 Å². The van der Waals surface area contributed by atoms with E-state index in [4.69, 9.17) is 15.5 Å². The molecular weight excluding hydrogens is 433 g/mol. The number of nitrogens with one attached hydrogen (secondary N) is 1. The number of piperidine rings is 1. The maximum atomic E-state index is 13.9. The molecule has 1 saturated heterocycles. The highest BCUT2D eigenvalue weighted by molar-refractivity contribution is 5.98. The number of benzene rings is 2. The highest BCUT2D eigenvalue weighted by atomic mass is 19.1. The average Bonchev–Trinajstić information content (AvgIpc) is 3.41. The molecule has 0 atom stereocenters. The summed E-state index contributed by atoms with van der Waals surface area (Å²) in [5, 5.41) is 3.16. The zero-order chi connectivity index (χ0) is 23.7. The van der Waals surface area contributed by atoms with Crippen LogP contribution >= 0.6 is 0 Å². The fourth-order valence-corrected chi connectivity index (χ4v) is 4.46. The van der Waals surface area contributed by atoms with Crippen molar-refractivity contribution in [2.75, 3.05) is 13.1 Å². The molecule has 0 bridgehead atoms. The fraction of sp³-hybridized carbons (Fsp3) is 0.231. The number of aromatic nitrogens is 3. The van der Waals surface area contributed by atoms with Crippen molar-refractivity contribution in [3.63, 3.8) is 0 Å². The van der Waals surface area contributed by atoms with E-state index in [1.807, 2.05) is 13.1 Å². The second kappa shape index (κ2) is 8.94. The summed E-state index contributed by atoms with van der Waals surface area (Å²) in [5.41, 5.74) is 9.01. The van der Waals surface area contributed by atoms with Gasteiger partial charge < -0.3 is 15.4 Å². The second-order valence-corrected chi connectivity index (χ2v) is 8.24. The predicted octanol–water partition coefficient (Wildman–Crippen LogP) is 4.52. The molecule has 1 aliphatic heterocycles. The van der Waals surface area contributed by atoms with E-state index in [2.05, 4.69) is 22.0 Å². The van der Waals surface area contributed by atoms with Crippen LogP contribution in [0.4, 0.5) is 4.39 Å². The number of carbonyl (C=O) groups is 1. The number of H-pyrrole nitrogens is 1. The van der Waals surface area contributed by atoms with Crippen LogP contribution < -0.4 is 10.5 Å². The van der Waals surface area contributed by atoms with Gasteiger partial charge in [0.15, 0.2) is 22.9 Å². The average molecular weight is 458 g/mol. The van der Waals surface area contributed by atoms with Gasteiger partial charge in [0.1, 0.15) is 11.4 Å². The van der Waals surface area contributed by atoms with Crippen LogP contribution in [-0.2, 0) is 0 Å². The second-order valence-electron chi connectivity index (χ2n) is 8.24. The van der Waals surface area contributed by atoms with Gasteiger partial charge in [-0.15, -0.1) is 0 Å². The molecule has 3 heterocycles. The van der Waals surface area contributed by atoms with E-state index in [0.717, 1.165) is 31.5 Å². The molecule has 2 aromatic carbocycles. The number of hydrogen-bond acceptors (Lipinski definition) is 4. The molecule has 0 unspecified atom stereocenters. The first-order chi connectivity index (χ1) is 16.5. The van der Waals surface area contributed by atoms with Gasteiger partial charge in [0.05, 0.1) is 0 Å². The lowest BCUT2D eigenvalue weighted by Crippen LogP contribution is -2.29. The summed E-state index contributed by atoms with van der Waals surface area (Å²) in [4.78, 5) is 19.3. The van der Waals surface area contributed by atoms with Crippen molar-refractivity contribution >= 4 is 11.6 Å². The topological polar surface area (TPSA) is 88.7 Å². The molecule has 2 aromatic heterocycles. The molecule has 8 heteroatoms. The molecule has 7 nitrogen and oxygen atoms in total. The lowest BCUT2D eigenvalue weighted by molar-refractivity contribution is 0.0994. The minimum atomic E-state index is -0.573. The number of aromatic amines is 1. The predicted molar refractivity (Wildman–Crippen MR) is 127 cm³/mol. The molecule has 1 amide bonds. The lowest BCUT2D eigenvalue weighted by atomic mass is 9.91. The number of para-hydroxylation sites is 1. The molecule has 5 rings (SSSR count). The summed E-state index contributed by atoms with van der Waals surface area (Å²) in [6, 6.07) is 16.3.